The van der Waals surface area contributed by atoms with Gasteiger partial charge < -0.3 is 20.0 Å². The van der Waals surface area contributed by atoms with Crippen molar-refractivity contribution in [2.75, 3.05) is 20.4 Å². The number of carbonyl (C=O) groups excluding carboxylic acids is 3. The molecule has 0 bridgehead atoms. The molecule has 1 unspecified atom stereocenters. The van der Waals surface area contributed by atoms with Crippen molar-refractivity contribution in [2.24, 2.45) is 11.8 Å². The van der Waals surface area contributed by atoms with Crippen LogP contribution in [0.25, 0.3) is 0 Å². The molecule has 10 heteroatoms. The summed E-state index contributed by atoms with van der Waals surface area (Å²) in [6.07, 6.45) is 5.42. The summed E-state index contributed by atoms with van der Waals surface area (Å²) in [5.74, 6) is -1.16. The molecule has 196 valence electrons. The third-order valence-electron chi connectivity index (χ3n) is 6.24. The van der Waals surface area contributed by atoms with E-state index in [1.54, 1.807) is 12.3 Å². The van der Waals surface area contributed by atoms with Crippen LogP contribution in [0.5, 0.6) is 0 Å². The summed E-state index contributed by atoms with van der Waals surface area (Å²) in [5, 5.41) is 14.0. The highest BCUT2D eigenvalue weighted by Gasteiger charge is 2.35. The third kappa shape index (κ3) is 7.64. The van der Waals surface area contributed by atoms with Crippen molar-refractivity contribution >= 4 is 29.4 Å². The van der Waals surface area contributed by atoms with E-state index in [1.807, 2.05) is 51.0 Å². The van der Waals surface area contributed by atoms with Crippen LogP contribution in [-0.2, 0) is 11.3 Å². The predicted molar refractivity (Wildman–Crippen MR) is 139 cm³/mol. The first kappa shape index (κ1) is 27.9. The monoisotopic (exact) mass is 515 g/mol. The highest BCUT2D eigenvalue weighted by molar-refractivity contribution is 7.98. The van der Waals surface area contributed by atoms with Gasteiger partial charge >= 0.3 is 0 Å². The SMILES string of the molecule is CSc1nnc(C(=O)C(CC(C)C)NC(=O)[C@@H]2CCCC[C@@H]2NC(=O)c2cccc(CN(C)C)c2)o1. The number of Topliss-reactive ketones (excluding diaryl/α,β-unsaturated/α-hetero) is 1. The molecule has 0 spiro atoms. The van der Waals surface area contributed by atoms with Crippen molar-refractivity contribution in [3.8, 4) is 0 Å². The molecule has 36 heavy (non-hydrogen) atoms. The summed E-state index contributed by atoms with van der Waals surface area (Å²) in [6, 6.07) is 6.47. The van der Waals surface area contributed by atoms with E-state index < -0.39 is 12.0 Å². The Labute approximate surface area is 217 Å². The molecule has 2 N–H and O–H groups in total. The molecule has 2 amide bonds. The van der Waals surface area contributed by atoms with Gasteiger partial charge in [0.15, 0.2) is 0 Å². The van der Waals surface area contributed by atoms with E-state index >= 15 is 0 Å². The van der Waals surface area contributed by atoms with Gasteiger partial charge in [-0.05, 0) is 63.2 Å². The smallest absolute Gasteiger partial charge is 0.286 e. The Kier molecular flexibility index (Phi) is 10.1. The molecule has 1 aliphatic carbocycles. The summed E-state index contributed by atoms with van der Waals surface area (Å²) in [5.41, 5.74) is 1.62. The van der Waals surface area contributed by atoms with Crippen molar-refractivity contribution in [1.82, 2.24) is 25.7 Å². The molecule has 0 radical (unpaired) electrons. The Morgan fingerprint density at radius 3 is 2.58 bits per heavy atom. The lowest BCUT2D eigenvalue weighted by Gasteiger charge is -2.32. The van der Waals surface area contributed by atoms with Crippen molar-refractivity contribution in [2.45, 2.75) is 69.8 Å². The van der Waals surface area contributed by atoms with Gasteiger partial charge in [-0.2, -0.15) is 0 Å². The minimum Gasteiger partial charge on any atom is -0.408 e. The molecule has 0 saturated heterocycles. The quantitative estimate of drug-likeness (QED) is 0.345. The molecule has 1 fully saturated rings. The van der Waals surface area contributed by atoms with Crippen molar-refractivity contribution in [3.63, 3.8) is 0 Å². The van der Waals surface area contributed by atoms with Crippen LogP contribution in [0.1, 0.15) is 72.6 Å². The van der Waals surface area contributed by atoms with Crippen LogP contribution in [0, 0.1) is 11.8 Å². The molecular formula is C26H37N5O4S. The maximum atomic E-state index is 13.4. The molecule has 1 aliphatic rings. The molecule has 1 heterocycles. The van der Waals surface area contributed by atoms with E-state index in [0.29, 0.717) is 30.0 Å². The number of ketones is 1. The molecule has 3 atom stereocenters. The Morgan fingerprint density at radius 2 is 1.92 bits per heavy atom. The maximum Gasteiger partial charge on any atom is 0.286 e. The number of hydrogen-bond acceptors (Lipinski definition) is 8. The Bertz CT molecular complexity index is 1050. The number of benzene rings is 1. The second-order valence-corrected chi connectivity index (χ2v) is 10.8. The van der Waals surface area contributed by atoms with Gasteiger partial charge in [-0.25, -0.2) is 0 Å². The molecule has 9 nitrogen and oxygen atoms in total. The van der Waals surface area contributed by atoms with E-state index in [4.69, 9.17) is 4.42 Å². The van der Waals surface area contributed by atoms with E-state index in [9.17, 15) is 14.4 Å². The summed E-state index contributed by atoms with van der Waals surface area (Å²) in [6.45, 7) is 4.71. The lowest BCUT2D eigenvalue weighted by atomic mass is 9.83. The summed E-state index contributed by atoms with van der Waals surface area (Å²) in [4.78, 5) is 41.6. The van der Waals surface area contributed by atoms with Gasteiger partial charge in [-0.3, -0.25) is 14.4 Å². The Hall–Kier alpha value is -2.72. The molecule has 1 aromatic heterocycles. The lowest BCUT2D eigenvalue weighted by molar-refractivity contribution is -0.127. The summed E-state index contributed by atoms with van der Waals surface area (Å²) in [7, 11) is 3.96. The first-order valence-electron chi connectivity index (χ1n) is 12.4. The van der Waals surface area contributed by atoms with Crippen LogP contribution in [0.4, 0.5) is 0 Å². The van der Waals surface area contributed by atoms with E-state index in [1.165, 1.54) is 11.8 Å². The molecule has 1 aromatic carbocycles. The number of nitrogens with zero attached hydrogens (tertiary/aromatic N) is 3. The van der Waals surface area contributed by atoms with Gasteiger partial charge in [0.05, 0.1) is 12.0 Å². The van der Waals surface area contributed by atoms with E-state index in [-0.39, 0.29) is 35.4 Å². The number of rotatable bonds is 11. The third-order valence-corrected chi connectivity index (χ3v) is 6.75. The molecule has 1 saturated carbocycles. The molecule has 3 rings (SSSR count). The minimum atomic E-state index is -0.770. The van der Waals surface area contributed by atoms with Crippen molar-refractivity contribution < 1.29 is 18.8 Å². The van der Waals surface area contributed by atoms with Gasteiger partial charge in [-0.1, -0.05) is 50.6 Å². The van der Waals surface area contributed by atoms with E-state index in [0.717, 1.165) is 24.9 Å². The molecule has 2 aromatic rings. The van der Waals surface area contributed by atoms with Gasteiger partial charge in [0.1, 0.15) is 0 Å². The zero-order chi connectivity index (χ0) is 26.2. The van der Waals surface area contributed by atoms with Crippen LogP contribution in [-0.4, -0.2) is 65.1 Å². The fourth-order valence-electron chi connectivity index (χ4n) is 4.57. The normalized spacial score (nSPS) is 18.8. The van der Waals surface area contributed by atoms with Crippen LogP contribution in [0.15, 0.2) is 33.9 Å². The fraction of sp³-hybridized carbons (Fsp3) is 0.577. The summed E-state index contributed by atoms with van der Waals surface area (Å²) < 4.78 is 5.42. The fourth-order valence-corrected chi connectivity index (χ4v) is 4.85. The minimum absolute atomic E-state index is 0.101. The van der Waals surface area contributed by atoms with Gasteiger partial charge in [0.25, 0.3) is 17.0 Å². The zero-order valence-corrected chi connectivity index (χ0v) is 22.6. The number of amides is 2. The van der Waals surface area contributed by atoms with Gasteiger partial charge in [-0.15, -0.1) is 10.2 Å². The highest BCUT2D eigenvalue weighted by atomic mass is 32.2. The molecular weight excluding hydrogens is 478 g/mol. The van der Waals surface area contributed by atoms with Crippen LogP contribution < -0.4 is 10.6 Å². The van der Waals surface area contributed by atoms with Crippen LogP contribution >= 0.6 is 11.8 Å². The molecule has 0 aliphatic heterocycles. The highest BCUT2D eigenvalue weighted by Crippen LogP contribution is 2.26. The zero-order valence-electron chi connectivity index (χ0n) is 21.7. The number of thioether (sulfide) groups is 1. The predicted octanol–water partition coefficient (Wildman–Crippen LogP) is 3.56. The Morgan fingerprint density at radius 1 is 1.17 bits per heavy atom. The standard InChI is InChI=1S/C26H37N5O4S/c1-16(2)13-21(22(32)25-29-30-26(35-25)36-5)28-24(34)19-11-6-7-12-20(19)27-23(33)18-10-8-9-17(14-18)15-31(3)4/h8-10,14,16,19-21H,6-7,11-13,15H2,1-5H3,(H,27,33)(H,28,34)/t19-,20+,21?/m1/s1. The van der Waals surface area contributed by atoms with Crippen molar-refractivity contribution in [1.29, 1.82) is 0 Å². The largest absolute Gasteiger partial charge is 0.408 e. The number of aromatic nitrogens is 2. The topological polar surface area (TPSA) is 117 Å². The first-order valence-corrected chi connectivity index (χ1v) is 13.7. The summed E-state index contributed by atoms with van der Waals surface area (Å²) >= 11 is 1.25. The van der Waals surface area contributed by atoms with Gasteiger partial charge in [0.2, 0.25) is 11.7 Å². The number of hydrogen-bond donors (Lipinski definition) is 2. The van der Waals surface area contributed by atoms with Gasteiger partial charge in [0, 0.05) is 18.2 Å². The first-order chi connectivity index (χ1) is 17.2. The number of carbonyl (C=O) groups is 3. The Balaban J connectivity index is 1.71. The lowest BCUT2D eigenvalue weighted by Crippen LogP contribution is -2.52. The maximum absolute atomic E-state index is 13.4. The van der Waals surface area contributed by atoms with E-state index in [2.05, 4.69) is 20.8 Å². The van der Waals surface area contributed by atoms with Crippen LogP contribution in [0.2, 0.25) is 0 Å². The second-order valence-electron chi connectivity index (χ2n) is 10.0. The van der Waals surface area contributed by atoms with Crippen molar-refractivity contribution in [3.05, 3.63) is 41.3 Å². The second kappa shape index (κ2) is 13.0. The average Bonchev–Trinajstić information content (AvgIpc) is 3.32. The average molecular weight is 516 g/mol. The number of nitrogens with one attached hydrogen (secondary N) is 2. The van der Waals surface area contributed by atoms with Crippen LogP contribution in [0.3, 0.4) is 0 Å².